The van der Waals surface area contributed by atoms with Crippen LogP contribution in [-0.2, 0) is 10.0 Å². The van der Waals surface area contributed by atoms with Crippen molar-refractivity contribution in [3.8, 4) is 0 Å². The molecule has 0 aromatic heterocycles. The van der Waals surface area contributed by atoms with Crippen molar-refractivity contribution >= 4 is 27.5 Å². The Kier molecular flexibility index (Phi) is 5.42. The molecular weight excluding hydrogens is 360 g/mol. The fourth-order valence-electron chi connectivity index (χ4n) is 3.00. The van der Waals surface area contributed by atoms with E-state index < -0.39 is 10.0 Å². The monoisotopic (exact) mass is 378 g/mol. The fourth-order valence-corrected chi connectivity index (χ4v) is 4.90. The number of hydrogen-bond donors (Lipinski definition) is 1. The summed E-state index contributed by atoms with van der Waals surface area (Å²) in [7, 11) is -3.55. The minimum Gasteiger partial charge on any atom is -0.350 e. The zero-order valence-corrected chi connectivity index (χ0v) is 15.1. The van der Waals surface area contributed by atoms with Gasteiger partial charge < -0.3 is 5.32 Å². The maximum absolute atomic E-state index is 12.8. The van der Waals surface area contributed by atoms with Crippen molar-refractivity contribution in [3.05, 3.63) is 65.2 Å². The molecule has 3 rings (SSSR count). The van der Waals surface area contributed by atoms with Gasteiger partial charge in [-0.05, 0) is 43.2 Å². The third kappa shape index (κ3) is 4.03. The van der Waals surface area contributed by atoms with E-state index >= 15 is 0 Å². The van der Waals surface area contributed by atoms with Crippen molar-refractivity contribution in [1.82, 2.24) is 9.62 Å². The molecule has 1 amide bonds. The molecule has 1 fully saturated rings. The number of benzene rings is 2. The molecule has 0 saturated carbocycles. The van der Waals surface area contributed by atoms with E-state index in [9.17, 15) is 13.2 Å². The van der Waals surface area contributed by atoms with E-state index in [1.165, 1.54) is 4.31 Å². The number of carbonyl (C=O) groups is 1. The normalized spacial score (nSPS) is 18.2. The second kappa shape index (κ2) is 7.56. The van der Waals surface area contributed by atoms with Gasteiger partial charge >= 0.3 is 0 Å². The predicted octanol–water partition coefficient (Wildman–Crippen LogP) is 2.92. The lowest BCUT2D eigenvalue weighted by molar-refractivity contribution is 0.0946. The molecule has 2 aromatic carbocycles. The highest BCUT2D eigenvalue weighted by Crippen LogP contribution is 2.25. The van der Waals surface area contributed by atoms with E-state index in [4.69, 9.17) is 11.6 Å². The third-order valence-corrected chi connectivity index (χ3v) is 6.46. The van der Waals surface area contributed by atoms with E-state index in [-0.39, 0.29) is 23.4 Å². The minimum absolute atomic E-state index is 0.242. The molecule has 0 aliphatic carbocycles. The molecule has 1 N–H and O–H groups in total. The Morgan fingerprint density at radius 3 is 2.64 bits per heavy atom. The van der Waals surface area contributed by atoms with E-state index in [1.807, 2.05) is 0 Å². The van der Waals surface area contributed by atoms with Crippen LogP contribution in [-0.4, -0.2) is 37.8 Å². The molecule has 0 radical (unpaired) electrons. The second-order valence-corrected chi connectivity index (χ2v) is 8.27. The Bertz CT molecular complexity index is 856. The number of nitrogens with one attached hydrogen (secondary N) is 1. The van der Waals surface area contributed by atoms with Crippen LogP contribution in [0.5, 0.6) is 0 Å². The summed E-state index contributed by atoms with van der Waals surface area (Å²) >= 11 is 5.90. The summed E-state index contributed by atoms with van der Waals surface area (Å²) in [5, 5.41) is 3.31. The largest absolute Gasteiger partial charge is 0.350 e. The number of halogens is 1. The first-order valence-corrected chi connectivity index (χ1v) is 9.91. The molecule has 1 atom stereocenters. The Hall–Kier alpha value is -1.89. The lowest BCUT2D eigenvalue weighted by Gasteiger charge is -2.24. The van der Waals surface area contributed by atoms with Crippen LogP contribution in [0.1, 0.15) is 23.2 Å². The molecular formula is C18H19ClN2O3S. The molecule has 5 nitrogen and oxygen atoms in total. The van der Waals surface area contributed by atoms with E-state index in [0.29, 0.717) is 17.1 Å². The Labute approximate surface area is 152 Å². The van der Waals surface area contributed by atoms with Gasteiger partial charge in [-0.3, -0.25) is 4.79 Å². The second-order valence-electron chi connectivity index (χ2n) is 5.95. The van der Waals surface area contributed by atoms with Gasteiger partial charge in [-0.15, -0.1) is 0 Å². The smallest absolute Gasteiger partial charge is 0.251 e. The van der Waals surface area contributed by atoms with Gasteiger partial charge in [-0.25, -0.2) is 8.42 Å². The molecule has 132 valence electrons. The Morgan fingerprint density at radius 1 is 1.16 bits per heavy atom. The number of rotatable bonds is 5. The molecule has 0 spiro atoms. The van der Waals surface area contributed by atoms with Gasteiger partial charge in [0.15, 0.2) is 0 Å². The first-order valence-electron chi connectivity index (χ1n) is 8.09. The summed E-state index contributed by atoms with van der Waals surface area (Å²) in [5.41, 5.74) is 0.461. The van der Waals surface area contributed by atoms with Crippen LogP contribution in [0.2, 0.25) is 5.02 Å². The zero-order valence-electron chi connectivity index (χ0n) is 13.6. The molecule has 2 aromatic rings. The van der Waals surface area contributed by atoms with Gasteiger partial charge in [0.25, 0.3) is 5.91 Å². The maximum Gasteiger partial charge on any atom is 0.251 e. The van der Waals surface area contributed by atoms with Crippen LogP contribution in [0.25, 0.3) is 0 Å². The Balaban J connectivity index is 1.69. The lowest BCUT2D eigenvalue weighted by atomic mass is 10.2. The first kappa shape index (κ1) is 17.9. The van der Waals surface area contributed by atoms with Crippen LogP contribution in [0.3, 0.4) is 0 Å². The standard InChI is InChI=1S/C18H19ClN2O3S/c19-15-7-4-6-14(12-15)18(22)20-13-16-8-5-11-21(16)25(23,24)17-9-2-1-3-10-17/h1-4,6-7,9-10,12,16H,5,8,11,13H2,(H,20,22)/t16-/m0/s1. The van der Waals surface area contributed by atoms with Crippen molar-refractivity contribution in [2.45, 2.75) is 23.8 Å². The van der Waals surface area contributed by atoms with Crippen LogP contribution >= 0.6 is 11.6 Å². The average Bonchev–Trinajstić information content (AvgIpc) is 3.10. The summed E-state index contributed by atoms with van der Waals surface area (Å²) in [4.78, 5) is 12.5. The van der Waals surface area contributed by atoms with Crippen molar-refractivity contribution in [1.29, 1.82) is 0 Å². The van der Waals surface area contributed by atoms with Crippen LogP contribution in [0.15, 0.2) is 59.5 Å². The topological polar surface area (TPSA) is 66.5 Å². The molecule has 0 unspecified atom stereocenters. The van der Waals surface area contributed by atoms with Gasteiger partial charge in [-0.1, -0.05) is 35.9 Å². The lowest BCUT2D eigenvalue weighted by Crippen LogP contribution is -2.43. The van der Waals surface area contributed by atoms with Gasteiger partial charge in [0.1, 0.15) is 0 Å². The highest BCUT2D eigenvalue weighted by Gasteiger charge is 2.35. The molecule has 1 saturated heterocycles. The van der Waals surface area contributed by atoms with E-state index in [2.05, 4.69) is 5.32 Å². The number of nitrogens with zero attached hydrogens (tertiary/aromatic N) is 1. The Morgan fingerprint density at radius 2 is 1.92 bits per heavy atom. The highest BCUT2D eigenvalue weighted by atomic mass is 35.5. The number of hydrogen-bond acceptors (Lipinski definition) is 3. The molecule has 7 heteroatoms. The van der Waals surface area contributed by atoms with Gasteiger partial charge in [0.2, 0.25) is 10.0 Å². The number of amides is 1. The molecule has 1 heterocycles. The summed E-state index contributed by atoms with van der Waals surface area (Å²) < 4.78 is 27.1. The third-order valence-electron chi connectivity index (χ3n) is 4.26. The minimum atomic E-state index is -3.55. The van der Waals surface area contributed by atoms with Crippen molar-refractivity contribution in [2.75, 3.05) is 13.1 Å². The van der Waals surface area contributed by atoms with Crippen molar-refractivity contribution < 1.29 is 13.2 Å². The van der Waals surface area contributed by atoms with Gasteiger partial charge in [0.05, 0.1) is 4.90 Å². The van der Waals surface area contributed by atoms with Crippen LogP contribution < -0.4 is 5.32 Å². The first-order chi connectivity index (χ1) is 12.0. The molecule has 0 bridgehead atoms. The fraction of sp³-hybridized carbons (Fsp3) is 0.278. The van der Waals surface area contributed by atoms with Gasteiger partial charge in [0, 0.05) is 29.7 Å². The summed E-state index contributed by atoms with van der Waals surface area (Å²) in [5.74, 6) is -0.258. The summed E-state index contributed by atoms with van der Waals surface area (Å²) in [6, 6.07) is 14.8. The van der Waals surface area contributed by atoms with Gasteiger partial charge in [-0.2, -0.15) is 4.31 Å². The van der Waals surface area contributed by atoms with E-state index in [1.54, 1.807) is 54.6 Å². The maximum atomic E-state index is 12.8. The molecule has 1 aliphatic rings. The van der Waals surface area contributed by atoms with Crippen molar-refractivity contribution in [3.63, 3.8) is 0 Å². The average molecular weight is 379 g/mol. The predicted molar refractivity (Wildman–Crippen MR) is 97.1 cm³/mol. The summed E-state index contributed by atoms with van der Waals surface area (Å²) in [6.07, 6.45) is 1.51. The van der Waals surface area contributed by atoms with E-state index in [0.717, 1.165) is 12.8 Å². The van der Waals surface area contributed by atoms with Crippen LogP contribution in [0.4, 0.5) is 0 Å². The van der Waals surface area contributed by atoms with Crippen LogP contribution in [0, 0.1) is 0 Å². The SMILES string of the molecule is O=C(NC[C@@H]1CCCN1S(=O)(=O)c1ccccc1)c1cccc(Cl)c1. The number of carbonyl (C=O) groups excluding carboxylic acids is 1. The molecule has 1 aliphatic heterocycles. The highest BCUT2D eigenvalue weighted by molar-refractivity contribution is 7.89. The summed E-state index contributed by atoms with van der Waals surface area (Å²) in [6.45, 7) is 0.742. The zero-order chi connectivity index (χ0) is 17.9. The number of sulfonamides is 1. The van der Waals surface area contributed by atoms with Crippen molar-refractivity contribution in [2.24, 2.45) is 0 Å². The quantitative estimate of drug-likeness (QED) is 0.869. The molecule has 25 heavy (non-hydrogen) atoms.